The molecule has 0 saturated carbocycles. The van der Waals surface area contributed by atoms with Crippen LogP contribution in [0.5, 0.6) is 0 Å². The molecule has 6 heteroatoms. The summed E-state index contributed by atoms with van der Waals surface area (Å²) in [5, 5.41) is 9.55. The molecule has 22 heavy (non-hydrogen) atoms. The molecule has 2 atom stereocenters. The highest BCUT2D eigenvalue weighted by Crippen LogP contribution is 2.23. The lowest BCUT2D eigenvalue weighted by Gasteiger charge is -2.30. The molecule has 0 radical (unpaired) electrons. The van der Waals surface area contributed by atoms with E-state index in [2.05, 4.69) is 0 Å². The number of nitrogens with zero attached hydrogens (tertiary/aromatic N) is 2. The minimum Gasteiger partial charge on any atom is -0.467 e. The first kappa shape index (κ1) is 16.5. The molecule has 1 aliphatic rings. The van der Waals surface area contributed by atoms with E-state index in [4.69, 9.17) is 4.42 Å². The molecular formula is C16H24N2O4. The first-order valence-electron chi connectivity index (χ1n) is 7.67. The van der Waals surface area contributed by atoms with Gasteiger partial charge in [-0.15, -0.1) is 0 Å². The zero-order valence-corrected chi connectivity index (χ0v) is 13.4. The lowest BCUT2D eigenvalue weighted by atomic mass is 10.1. The second kappa shape index (κ2) is 6.96. The first-order chi connectivity index (χ1) is 10.4. The van der Waals surface area contributed by atoms with Crippen LogP contribution in [0.25, 0.3) is 0 Å². The SMILES string of the molecule is CC(O)CN(C(=O)C1CC(=O)N(Cc2ccco2)C1)C(C)C. The maximum Gasteiger partial charge on any atom is 0.228 e. The second-order valence-electron chi connectivity index (χ2n) is 6.19. The van der Waals surface area contributed by atoms with Crippen LogP contribution < -0.4 is 0 Å². The Bertz CT molecular complexity index is 510. The molecule has 1 aromatic heterocycles. The Morgan fingerprint density at radius 2 is 2.23 bits per heavy atom. The minimum atomic E-state index is -0.581. The highest BCUT2D eigenvalue weighted by molar-refractivity contribution is 5.89. The average Bonchev–Trinajstić information content (AvgIpc) is 3.06. The molecule has 2 unspecified atom stereocenters. The van der Waals surface area contributed by atoms with Crippen LogP contribution in [0.2, 0.25) is 0 Å². The van der Waals surface area contributed by atoms with Crippen LogP contribution in [-0.4, -0.2) is 52.0 Å². The summed E-state index contributed by atoms with van der Waals surface area (Å²) in [4.78, 5) is 28.0. The summed E-state index contributed by atoms with van der Waals surface area (Å²) >= 11 is 0. The summed E-state index contributed by atoms with van der Waals surface area (Å²) in [6.45, 7) is 6.58. The largest absolute Gasteiger partial charge is 0.467 e. The second-order valence-corrected chi connectivity index (χ2v) is 6.19. The van der Waals surface area contributed by atoms with Gasteiger partial charge in [-0.3, -0.25) is 9.59 Å². The number of hydrogen-bond acceptors (Lipinski definition) is 4. The van der Waals surface area contributed by atoms with E-state index < -0.39 is 6.10 Å². The van der Waals surface area contributed by atoms with Gasteiger partial charge in [-0.05, 0) is 32.9 Å². The molecule has 122 valence electrons. The van der Waals surface area contributed by atoms with Crippen molar-refractivity contribution in [1.29, 1.82) is 0 Å². The number of carbonyl (C=O) groups is 2. The van der Waals surface area contributed by atoms with Crippen LogP contribution in [0.1, 0.15) is 33.0 Å². The van der Waals surface area contributed by atoms with Crippen molar-refractivity contribution in [2.24, 2.45) is 5.92 Å². The van der Waals surface area contributed by atoms with Gasteiger partial charge in [0.15, 0.2) is 0 Å². The topological polar surface area (TPSA) is 74.0 Å². The van der Waals surface area contributed by atoms with Crippen molar-refractivity contribution in [3.63, 3.8) is 0 Å². The molecule has 0 bridgehead atoms. The number of aliphatic hydroxyl groups is 1. The molecule has 2 rings (SSSR count). The van der Waals surface area contributed by atoms with Crippen molar-refractivity contribution >= 4 is 11.8 Å². The molecule has 1 aromatic rings. The van der Waals surface area contributed by atoms with Gasteiger partial charge >= 0.3 is 0 Å². The third kappa shape index (κ3) is 3.88. The molecule has 2 amide bonds. The fraction of sp³-hybridized carbons (Fsp3) is 0.625. The third-order valence-electron chi connectivity index (χ3n) is 3.86. The van der Waals surface area contributed by atoms with E-state index in [0.717, 1.165) is 0 Å². The first-order valence-corrected chi connectivity index (χ1v) is 7.67. The quantitative estimate of drug-likeness (QED) is 0.858. The molecular weight excluding hydrogens is 284 g/mol. The number of likely N-dealkylation sites (tertiary alicyclic amines) is 1. The van der Waals surface area contributed by atoms with E-state index in [1.807, 2.05) is 19.9 Å². The van der Waals surface area contributed by atoms with Crippen molar-refractivity contribution < 1.29 is 19.1 Å². The van der Waals surface area contributed by atoms with Crippen molar-refractivity contribution in [2.75, 3.05) is 13.1 Å². The van der Waals surface area contributed by atoms with Crippen LogP contribution in [-0.2, 0) is 16.1 Å². The van der Waals surface area contributed by atoms with E-state index >= 15 is 0 Å². The van der Waals surface area contributed by atoms with Crippen LogP contribution in [0, 0.1) is 5.92 Å². The van der Waals surface area contributed by atoms with Gasteiger partial charge in [0.1, 0.15) is 5.76 Å². The summed E-state index contributed by atoms with van der Waals surface area (Å²) in [5.41, 5.74) is 0. The molecule has 0 spiro atoms. The Balaban J connectivity index is 2.00. The summed E-state index contributed by atoms with van der Waals surface area (Å²) in [6, 6.07) is 3.59. The molecule has 2 heterocycles. The Kier molecular flexibility index (Phi) is 5.24. The van der Waals surface area contributed by atoms with Crippen molar-refractivity contribution in [2.45, 2.75) is 45.9 Å². The lowest BCUT2D eigenvalue weighted by molar-refractivity contribution is -0.138. The summed E-state index contributed by atoms with van der Waals surface area (Å²) < 4.78 is 5.26. The molecule has 1 N–H and O–H groups in total. The number of aliphatic hydroxyl groups excluding tert-OH is 1. The molecule has 0 aromatic carbocycles. The van der Waals surface area contributed by atoms with Gasteiger partial charge in [0, 0.05) is 25.6 Å². The Labute approximate surface area is 130 Å². The predicted molar refractivity (Wildman–Crippen MR) is 80.8 cm³/mol. The lowest BCUT2D eigenvalue weighted by Crippen LogP contribution is -2.45. The number of hydrogen-bond donors (Lipinski definition) is 1. The van der Waals surface area contributed by atoms with E-state index in [1.54, 1.807) is 29.1 Å². The van der Waals surface area contributed by atoms with Crippen molar-refractivity contribution in [3.05, 3.63) is 24.2 Å². The van der Waals surface area contributed by atoms with Crippen molar-refractivity contribution in [1.82, 2.24) is 9.80 Å². The summed E-state index contributed by atoms with van der Waals surface area (Å²) in [7, 11) is 0. The zero-order chi connectivity index (χ0) is 16.3. The van der Waals surface area contributed by atoms with E-state index in [-0.39, 0.29) is 30.2 Å². The molecule has 0 aliphatic carbocycles. The number of amides is 2. The Hall–Kier alpha value is -1.82. The van der Waals surface area contributed by atoms with Gasteiger partial charge in [-0.2, -0.15) is 0 Å². The third-order valence-corrected chi connectivity index (χ3v) is 3.86. The maximum absolute atomic E-state index is 12.6. The number of rotatable bonds is 6. The Morgan fingerprint density at radius 1 is 1.50 bits per heavy atom. The van der Waals surface area contributed by atoms with Crippen LogP contribution in [0.4, 0.5) is 0 Å². The van der Waals surface area contributed by atoms with Crippen LogP contribution in [0.15, 0.2) is 22.8 Å². The molecule has 6 nitrogen and oxygen atoms in total. The van der Waals surface area contributed by atoms with Crippen LogP contribution in [0.3, 0.4) is 0 Å². The van der Waals surface area contributed by atoms with E-state index in [0.29, 0.717) is 25.4 Å². The van der Waals surface area contributed by atoms with Gasteiger partial charge in [-0.25, -0.2) is 0 Å². The van der Waals surface area contributed by atoms with Crippen molar-refractivity contribution in [3.8, 4) is 0 Å². The van der Waals surface area contributed by atoms with Gasteiger partial charge in [0.25, 0.3) is 0 Å². The fourth-order valence-electron chi connectivity index (χ4n) is 2.76. The van der Waals surface area contributed by atoms with E-state index in [9.17, 15) is 14.7 Å². The summed E-state index contributed by atoms with van der Waals surface area (Å²) in [6.07, 6.45) is 1.22. The standard InChI is InChI=1S/C16H24N2O4/c1-11(2)18(8-12(3)19)16(21)13-7-15(20)17(9-13)10-14-5-4-6-22-14/h4-6,11-13,19H,7-10H2,1-3H3. The highest BCUT2D eigenvalue weighted by atomic mass is 16.3. The average molecular weight is 308 g/mol. The number of carbonyl (C=O) groups excluding carboxylic acids is 2. The fourth-order valence-corrected chi connectivity index (χ4v) is 2.76. The zero-order valence-electron chi connectivity index (χ0n) is 13.4. The normalized spacial score (nSPS) is 19.8. The smallest absolute Gasteiger partial charge is 0.228 e. The maximum atomic E-state index is 12.6. The Morgan fingerprint density at radius 3 is 2.77 bits per heavy atom. The van der Waals surface area contributed by atoms with Gasteiger partial charge in [0.05, 0.1) is 24.8 Å². The van der Waals surface area contributed by atoms with Gasteiger partial charge in [-0.1, -0.05) is 0 Å². The predicted octanol–water partition coefficient (Wildman–Crippen LogP) is 1.25. The monoisotopic (exact) mass is 308 g/mol. The molecule has 1 saturated heterocycles. The van der Waals surface area contributed by atoms with Gasteiger partial charge < -0.3 is 19.3 Å². The molecule has 1 fully saturated rings. The summed E-state index contributed by atoms with van der Waals surface area (Å²) in [5.74, 6) is 0.274. The van der Waals surface area contributed by atoms with Gasteiger partial charge in [0.2, 0.25) is 11.8 Å². The minimum absolute atomic E-state index is 0.00340. The molecule has 1 aliphatic heterocycles. The number of furan rings is 1. The van der Waals surface area contributed by atoms with E-state index in [1.165, 1.54) is 0 Å². The highest BCUT2D eigenvalue weighted by Gasteiger charge is 2.37. The van der Waals surface area contributed by atoms with Crippen LogP contribution >= 0.6 is 0 Å².